The lowest BCUT2D eigenvalue weighted by atomic mass is 9.80. The van der Waals surface area contributed by atoms with Crippen LogP contribution in [0.3, 0.4) is 0 Å². The van der Waals surface area contributed by atoms with Crippen molar-refractivity contribution < 1.29 is 8.83 Å². The summed E-state index contributed by atoms with van der Waals surface area (Å²) in [5, 5.41) is 4.69. The van der Waals surface area contributed by atoms with Crippen molar-refractivity contribution in [1.82, 2.24) is 0 Å². The molecule has 72 heavy (non-hydrogen) atoms. The molecule has 0 radical (unpaired) electrons. The lowest BCUT2D eigenvalue weighted by Gasteiger charge is -2.30. The molecule has 13 rings (SSSR count). The first-order valence-corrected chi connectivity index (χ1v) is 25.7. The average molecular weight is 936 g/mol. The Morgan fingerprint density at radius 3 is 1.22 bits per heavy atom. The Hall–Kier alpha value is -7.62. The Kier molecular flexibility index (Phi) is 9.36. The fourth-order valence-corrected chi connectivity index (χ4v) is 12.4. The third-order valence-electron chi connectivity index (χ3n) is 16.5. The van der Waals surface area contributed by atoms with E-state index < -0.39 is 0 Å². The molecule has 354 valence electrons. The van der Waals surface area contributed by atoms with E-state index in [1.807, 2.05) is 0 Å². The second-order valence-electron chi connectivity index (χ2n) is 23.8. The number of furan rings is 2. The third kappa shape index (κ3) is 6.42. The Morgan fingerprint density at radius 1 is 0.403 bits per heavy atom. The molecule has 0 N–H and O–H groups in total. The van der Waals surface area contributed by atoms with Crippen LogP contribution in [0.4, 0.5) is 17.1 Å². The van der Waals surface area contributed by atoms with Gasteiger partial charge in [-0.3, -0.25) is 0 Å². The SMILES string of the molecule is Cc1ccccc1N(c1ccc2c(c1)C(C)(C)c1cc(-c3ccc(C(C)(C)C)cc3)c3oc4ccccc4c3c1-2)c1ccc2c(c1)C(C)(C)c1cc(-c3ccc(C(C)(C)C)cc3)c3oc4ccccc4c3c1-2. The summed E-state index contributed by atoms with van der Waals surface area (Å²) in [5.41, 5.74) is 25.5. The standard InChI is InChI=1S/C69H61NO2/c1-40-18-12-15-21-57(40)70(45-32-34-47-53(36-45)68(8,9)55-38-51(41-24-28-43(29-25-41)66(2,3)4)64-62(60(47)55)49-19-13-16-22-58(49)71-64)46-33-35-48-54(37-46)69(10,11)56-39-52(42-26-30-44(31-27-42)67(5,6)7)65-63(61(48)56)50-20-14-17-23-59(50)72-65/h12-39H,1-11H3. The zero-order chi connectivity index (χ0) is 49.8. The number of nitrogens with zero attached hydrogens (tertiary/aromatic N) is 1. The van der Waals surface area contributed by atoms with Gasteiger partial charge in [-0.25, -0.2) is 0 Å². The summed E-state index contributed by atoms with van der Waals surface area (Å²) < 4.78 is 13.8. The van der Waals surface area contributed by atoms with Gasteiger partial charge in [-0.05, 0) is 145 Å². The van der Waals surface area contributed by atoms with Crippen molar-refractivity contribution in [3.63, 3.8) is 0 Å². The maximum atomic E-state index is 6.88. The minimum atomic E-state index is -0.310. The van der Waals surface area contributed by atoms with Gasteiger partial charge in [0.25, 0.3) is 0 Å². The molecule has 0 fully saturated rings. The smallest absolute Gasteiger partial charge is 0.143 e. The second kappa shape index (κ2) is 15.2. The van der Waals surface area contributed by atoms with Gasteiger partial charge in [0.1, 0.15) is 22.3 Å². The Bertz CT molecular complexity index is 3800. The van der Waals surface area contributed by atoms with Gasteiger partial charge < -0.3 is 13.7 Å². The number of hydrogen-bond acceptors (Lipinski definition) is 3. The molecule has 2 heterocycles. The largest absolute Gasteiger partial charge is 0.455 e. The predicted molar refractivity (Wildman–Crippen MR) is 304 cm³/mol. The molecule has 0 bridgehead atoms. The van der Waals surface area contributed by atoms with Gasteiger partial charge in [0.2, 0.25) is 0 Å². The molecule has 0 spiro atoms. The van der Waals surface area contributed by atoms with Crippen LogP contribution in [-0.2, 0) is 21.7 Å². The van der Waals surface area contributed by atoms with Gasteiger partial charge >= 0.3 is 0 Å². The summed E-state index contributed by atoms with van der Waals surface area (Å²) in [5.74, 6) is 0. The van der Waals surface area contributed by atoms with Gasteiger partial charge in [0, 0.05) is 60.6 Å². The van der Waals surface area contributed by atoms with Crippen LogP contribution in [0.15, 0.2) is 179 Å². The summed E-state index contributed by atoms with van der Waals surface area (Å²) in [7, 11) is 0. The maximum Gasteiger partial charge on any atom is 0.143 e. The molecule has 0 atom stereocenters. The zero-order valence-corrected chi connectivity index (χ0v) is 43.4. The van der Waals surface area contributed by atoms with Crippen molar-refractivity contribution in [3.8, 4) is 44.5 Å². The second-order valence-corrected chi connectivity index (χ2v) is 23.8. The first-order chi connectivity index (χ1) is 34.4. The van der Waals surface area contributed by atoms with Gasteiger partial charge in [0.05, 0.1) is 0 Å². The number of hydrogen-bond donors (Lipinski definition) is 0. The number of anilines is 3. The van der Waals surface area contributed by atoms with E-state index in [0.29, 0.717) is 0 Å². The van der Waals surface area contributed by atoms with Gasteiger partial charge in [0.15, 0.2) is 0 Å². The van der Waals surface area contributed by atoms with Crippen LogP contribution in [0.5, 0.6) is 0 Å². The van der Waals surface area contributed by atoms with Crippen LogP contribution in [0.25, 0.3) is 88.4 Å². The van der Waals surface area contributed by atoms with Crippen LogP contribution in [0.2, 0.25) is 0 Å². The van der Waals surface area contributed by atoms with E-state index in [1.54, 1.807) is 0 Å². The summed E-state index contributed by atoms with van der Waals surface area (Å²) in [6.07, 6.45) is 0. The quantitative estimate of drug-likeness (QED) is 0.172. The lowest BCUT2D eigenvalue weighted by molar-refractivity contribution is 0.590. The van der Waals surface area contributed by atoms with Crippen molar-refractivity contribution in [2.24, 2.45) is 0 Å². The number of rotatable bonds is 5. The molecule has 9 aromatic carbocycles. The number of benzene rings is 9. The van der Waals surface area contributed by atoms with E-state index in [0.717, 1.165) is 61.3 Å². The first kappa shape index (κ1) is 44.3. The van der Waals surface area contributed by atoms with Gasteiger partial charge in [-0.15, -0.1) is 0 Å². The summed E-state index contributed by atoms with van der Waals surface area (Å²) in [6.45, 7) is 25.5. The van der Waals surface area contributed by atoms with Gasteiger partial charge in [-0.1, -0.05) is 184 Å². The van der Waals surface area contributed by atoms with E-state index in [9.17, 15) is 0 Å². The van der Waals surface area contributed by atoms with E-state index >= 15 is 0 Å². The predicted octanol–water partition coefficient (Wildman–Crippen LogP) is 19.8. The molecule has 0 amide bonds. The van der Waals surface area contributed by atoms with Crippen molar-refractivity contribution in [2.45, 2.75) is 97.8 Å². The molecule has 3 heteroatoms. The highest BCUT2D eigenvalue weighted by atomic mass is 16.3. The maximum absolute atomic E-state index is 6.88. The van der Waals surface area contributed by atoms with Crippen molar-refractivity contribution in [3.05, 3.63) is 209 Å². The summed E-state index contributed by atoms with van der Waals surface area (Å²) in [6, 6.07) is 63.4. The highest BCUT2D eigenvalue weighted by Crippen LogP contribution is 2.59. The molecule has 2 aliphatic carbocycles. The molecule has 0 unspecified atom stereocenters. The molecule has 0 aliphatic heterocycles. The zero-order valence-electron chi connectivity index (χ0n) is 43.4. The minimum Gasteiger partial charge on any atom is -0.455 e. The monoisotopic (exact) mass is 935 g/mol. The van der Waals surface area contributed by atoms with Crippen LogP contribution < -0.4 is 4.90 Å². The van der Waals surface area contributed by atoms with Gasteiger partial charge in [-0.2, -0.15) is 0 Å². The lowest BCUT2D eigenvalue weighted by Crippen LogP contribution is -2.18. The topological polar surface area (TPSA) is 29.5 Å². The fourth-order valence-electron chi connectivity index (χ4n) is 12.4. The third-order valence-corrected chi connectivity index (χ3v) is 16.5. The van der Waals surface area contributed by atoms with E-state index in [4.69, 9.17) is 8.83 Å². The summed E-state index contributed by atoms with van der Waals surface area (Å²) >= 11 is 0. The van der Waals surface area contributed by atoms with Crippen LogP contribution >= 0.6 is 0 Å². The summed E-state index contributed by atoms with van der Waals surface area (Å²) in [4.78, 5) is 2.49. The van der Waals surface area contributed by atoms with Crippen LogP contribution in [0, 0.1) is 6.92 Å². The molecule has 11 aromatic rings. The molecular formula is C69H61NO2. The highest BCUT2D eigenvalue weighted by molar-refractivity contribution is 6.20. The first-order valence-electron chi connectivity index (χ1n) is 25.7. The number of para-hydroxylation sites is 3. The van der Waals surface area contributed by atoms with E-state index in [1.165, 1.54) is 83.1 Å². The van der Waals surface area contributed by atoms with E-state index in [-0.39, 0.29) is 21.7 Å². The minimum absolute atomic E-state index is 0.0613. The Morgan fingerprint density at radius 2 is 0.806 bits per heavy atom. The molecule has 2 aromatic heterocycles. The van der Waals surface area contributed by atoms with Crippen LogP contribution in [0.1, 0.15) is 108 Å². The van der Waals surface area contributed by atoms with Crippen molar-refractivity contribution in [1.29, 1.82) is 0 Å². The average Bonchev–Trinajstić information content (AvgIpc) is 4.06. The number of fused-ring (bicyclic) bond motifs is 14. The van der Waals surface area contributed by atoms with E-state index in [2.05, 4.69) is 251 Å². The van der Waals surface area contributed by atoms with Crippen molar-refractivity contribution >= 4 is 60.9 Å². The Labute approximate surface area is 423 Å². The fraction of sp³-hybridized carbons (Fsp3) is 0.217. The van der Waals surface area contributed by atoms with Crippen LogP contribution in [-0.4, -0.2) is 0 Å². The molecule has 3 nitrogen and oxygen atoms in total. The molecule has 0 saturated carbocycles. The molecule has 0 saturated heterocycles. The highest BCUT2D eigenvalue weighted by Gasteiger charge is 2.41. The molecular weight excluding hydrogens is 875 g/mol. The molecule has 2 aliphatic rings. The number of aryl methyl sites for hydroxylation is 1. The normalized spacial score (nSPS) is 14.5. The van der Waals surface area contributed by atoms with Crippen molar-refractivity contribution in [2.75, 3.05) is 4.90 Å². The Balaban J connectivity index is 0.984.